The van der Waals surface area contributed by atoms with Gasteiger partial charge in [-0.05, 0) is 17.6 Å². The van der Waals surface area contributed by atoms with E-state index in [9.17, 15) is 19.2 Å². The van der Waals surface area contributed by atoms with Crippen molar-refractivity contribution >= 4 is 28.2 Å². The summed E-state index contributed by atoms with van der Waals surface area (Å²) in [6.07, 6.45) is 5.65. The van der Waals surface area contributed by atoms with Crippen LogP contribution in [0.5, 0.6) is 0 Å². The van der Waals surface area contributed by atoms with E-state index in [0.29, 0.717) is 12.0 Å². The van der Waals surface area contributed by atoms with Crippen LogP contribution in [0.3, 0.4) is 0 Å². The third-order valence-electron chi connectivity index (χ3n) is 5.61. The summed E-state index contributed by atoms with van der Waals surface area (Å²) in [6, 6.07) is 11.5. The molecule has 0 spiro atoms. The minimum atomic E-state index is -0.871. The molecule has 0 aliphatic carbocycles. The van der Waals surface area contributed by atoms with Crippen molar-refractivity contribution in [3.63, 3.8) is 0 Å². The Hall–Kier alpha value is -4.69. The lowest BCUT2D eigenvalue weighted by atomic mass is 9.97. The van der Waals surface area contributed by atoms with Crippen molar-refractivity contribution in [2.75, 3.05) is 13.1 Å². The Balaban J connectivity index is 1.39. The number of halogens is 1. The van der Waals surface area contributed by atoms with Gasteiger partial charge >= 0.3 is 5.91 Å². The van der Waals surface area contributed by atoms with Gasteiger partial charge in [0.15, 0.2) is 11.6 Å². The Labute approximate surface area is 192 Å². The maximum atomic E-state index is 14.7. The monoisotopic (exact) mass is 456 g/mol. The first-order chi connectivity index (χ1) is 16.6. The topological polar surface area (TPSA) is 133 Å². The number of H-pyrrole nitrogens is 1. The highest BCUT2D eigenvalue weighted by atomic mass is 19.1. The minimum absolute atomic E-state index is 0.0488. The molecule has 0 atom stereocenters. The zero-order chi connectivity index (χ0) is 23.7. The SMILES string of the molecule is N#C/C(=C1\CCN(C(=O)C(=O)c2c[nH]c3c(-n4ccnn4)ncc(F)c23)NC1)c1ccccc1. The molecule has 0 unspecified atom stereocenters. The first kappa shape index (κ1) is 21.2. The van der Waals surface area contributed by atoms with E-state index in [1.807, 2.05) is 30.3 Å². The fourth-order valence-electron chi connectivity index (χ4n) is 3.95. The van der Waals surface area contributed by atoms with Crippen molar-refractivity contribution in [2.45, 2.75) is 6.42 Å². The van der Waals surface area contributed by atoms with Crippen LogP contribution in [0.15, 0.2) is 60.7 Å². The van der Waals surface area contributed by atoms with Crippen molar-refractivity contribution in [2.24, 2.45) is 0 Å². The van der Waals surface area contributed by atoms with E-state index in [0.717, 1.165) is 17.3 Å². The summed E-state index contributed by atoms with van der Waals surface area (Å²) < 4.78 is 16.0. The molecule has 1 aromatic carbocycles. The van der Waals surface area contributed by atoms with Crippen molar-refractivity contribution in [3.05, 3.63) is 77.6 Å². The lowest BCUT2D eigenvalue weighted by Crippen LogP contribution is -2.50. The lowest BCUT2D eigenvalue weighted by Gasteiger charge is -2.29. The molecule has 0 saturated carbocycles. The first-order valence-electron chi connectivity index (χ1n) is 10.4. The highest BCUT2D eigenvalue weighted by molar-refractivity contribution is 6.44. The van der Waals surface area contributed by atoms with Gasteiger partial charge in [0.25, 0.3) is 5.78 Å². The number of fused-ring (bicyclic) bond motifs is 1. The average Bonchev–Trinajstić information content (AvgIpc) is 3.56. The van der Waals surface area contributed by atoms with E-state index in [4.69, 9.17) is 0 Å². The molecule has 1 aliphatic heterocycles. The van der Waals surface area contributed by atoms with Gasteiger partial charge in [-0.15, -0.1) is 5.10 Å². The standard InChI is InChI=1S/C23H17FN8O2/c24-18-13-27-22(31-9-7-28-30-31)20-19(18)17(12-26-20)21(33)23(34)32-8-6-15(11-29-32)16(10-25)14-4-2-1-3-5-14/h1-5,7,9,12-13,26,29H,6,8,11H2/b16-15-. The van der Waals surface area contributed by atoms with E-state index in [1.165, 1.54) is 28.3 Å². The molecule has 4 heterocycles. The third kappa shape index (κ3) is 3.62. The number of carbonyl (C=O) groups excluding carboxylic acids is 2. The van der Waals surface area contributed by atoms with E-state index in [1.54, 1.807) is 0 Å². The van der Waals surface area contributed by atoms with E-state index in [-0.39, 0.29) is 35.4 Å². The van der Waals surface area contributed by atoms with Crippen molar-refractivity contribution in [3.8, 4) is 11.9 Å². The molecule has 11 heteroatoms. The highest BCUT2D eigenvalue weighted by Crippen LogP contribution is 2.27. The predicted molar refractivity (Wildman–Crippen MR) is 119 cm³/mol. The third-order valence-corrected chi connectivity index (χ3v) is 5.61. The normalized spacial score (nSPS) is 15.2. The van der Waals surface area contributed by atoms with Gasteiger partial charge in [0.1, 0.15) is 0 Å². The number of benzene rings is 1. The quantitative estimate of drug-likeness (QED) is 0.273. The number of hydrazine groups is 1. The minimum Gasteiger partial charge on any atom is -0.357 e. The van der Waals surface area contributed by atoms with Gasteiger partial charge in [0, 0.05) is 19.3 Å². The van der Waals surface area contributed by atoms with Gasteiger partial charge in [0.2, 0.25) is 0 Å². The Kier molecular flexibility index (Phi) is 5.41. The summed E-state index contributed by atoms with van der Waals surface area (Å²) in [7, 11) is 0. The summed E-state index contributed by atoms with van der Waals surface area (Å²) >= 11 is 0. The Bertz CT molecular complexity index is 1460. The summed E-state index contributed by atoms with van der Waals surface area (Å²) in [4.78, 5) is 32.8. The van der Waals surface area contributed by atoms with Gasteiger partial charge in [-0.2, -0.15) is 5.26 Å². The Morgan fingerprint density at radius 1 is 1.21 bits per heavy atom. The molecule has 5 rings (SSSR count). The summed E-state index contributed by atoms with van der Waals surface area (Å²) in [5, 5.41) is 18.3. The number of carbonyl (C=O) groups is 2. The maximum absolute atomic E-state index is 14.7. The number of nitrogens with one attached hydrogen (secondary N) is 2. The zero-order valence-electron chi connectivity index (χ0n) is 17.7. The molecular weight excluding hydrogens is 439 g/mol. The number of pyridine rings is 1. The second-order valence-electron chi connectivity index (χ2n) is 7.56. The van der Waals surface area contributed by atoms with Gasteiger partial charge in [-0.1, -0.05) is 35.5 Å². The van der Waals surface area contributed by atoms with Gasteiger partial charge in [-0.3, -0.25) is 14.6 Å². The number of aromatic nitrogens is 5. The molecule has 2 N–H and O–H groups in total. The Morgan fingerprint density at radius 2 is 2.03 bits per heavy atom. The largest absolute Gasteiger partial charge is 0.357 e. The van der Waals surface area contributed by atoms with Gasteiger partial charge in [-0.25, -0.2) is 19.5 Å². The van der Waals surface area contributed by atoms with Crippen LogP contribution in [-0.2, 0) is 4.79 Å². The fraction of sp³-hybridized carbons (Fsp3) is 0.130. The second kappa shape index (κ2) is 8.68. The Morgan fingerprint density at radius 3 is 2.71 bits per heavy atom. The number of ketones is 1. The predicted octanol–water partition coefficient (Wildman–Crippen LogP) is 2.18. The molecule has 168 valence electrons. The maximum Gasteiger partial charge on any atom is 0.309 e. The number of allylic oxidation sites excluding steroid dienone is 1. The number of hydrogen-bond acceptors (Lipinski definition) is 7. The van der Waals surface area contributed by atoms with Crippen LogP contribution < -0.4 is 5.43 Å². The van der Waals surface area contributed by atoms with E-state index >= 15 is 0 Å². The number of hydrogen-bond donors (Lipinski definition) is 2. The number of rotatable bonds is 4. The number of aromatic amines is 1. The van der Waals surface area contributed by atoms with Crippen molar-refractivity contribution in [1.29, 1.82) is 5.26 Å². The molecule has 0 radical (unpaired) electrons. The zero-order valence-corrected chi connectivity index (χ0v) is 17.7. The summed E-state index contributed by atoms with van der Waals surface area (Å²) in [5.41, 5.74) is 5.20. The number of nitriles is 1. The van der Waals surface area contributed by atoms with Crippen LogP contribution in [0, 0.1) is 17.1 Å². The number of nitrogens with zero attached hydrogens (tertiary/aromatic N) is 6. The van der Waals surface area contributed by atoms with E-state index < -0.39 is 17.5 Å². The van der Waals surface area contributed by atoms with Gasteiger partial charge in [0.05, 0.1) is 46.7 Å². The molecule has 0 bridgehead atoms. The molecule has 1 saturated heterocycles. The smallest absolute Gasteiger partial charge is 0.309 e. The molecule has 3 aromatic heterocycles. The van der Waals surface area contributed by atoms with Crippen molar-refractivity contribution < 1.29 is 14.0 Å². The van der Waals surface area contributed by atoms with Crippen LogP contribution >= 0.6 is 0 Å². The number of Topliss-reactive ketones (excluding diaryl/α,β-unsaturated/α-hetero) is 1. The lowest BCUT2D eigenvalue weighted by molar-refractivity contribution is -0.129. The number of amides is 1. The van der Waals surface area contributed by atoms with E-state index in [2.05, 4.69) is 31.8 Å². The highest BCUT2D eigenvalue weighted by Gasteiger charge is 2.30. The van der Waals surface area contributed by atoms with Crippen LogP contribution in [0.1, 0.15) is 22.3 Å². The molecule has 10 nitrogen and oxygen atoms in total. The second-order valence-corrected chi connectivity index (χ2v) is 7.56. The van der Waals surface area contributed by atoms with Crippen LogP contribution in [0.4, 0.5) is 4.39 Å². The average molecular weight is 456 g/mol. The van der Waals surface area contributed by atoms with Crippen molar-refractivity contribution in [1.82, 2.24) is 35.4 Å². The fourth-order valence-corrected chi connectivity index (χ4v) is 3.95. The molecule has 1 amide bonds. The van der Waals surface area contributed by atoms with Gasteiger partial charge < -0.3 is 4.98 Å². The molecule has 34 heavy (non-hydrogen) atoms. The summed E-state index contributed by atoms with van der Waals surface area (Å²) in [6.45, 7) is 0.425. The molecular formula is C23H17FN8O2. The van der Waals surface area contributed by atoms with Crippen LogP contribution in [0.2, 0.25) is 0 Å². The van der Waals surface area contributed by atoms with Crippen LogP contribution in [-0.4, -0.2) is 54.8 Å². The first-order valence-corrected chi connectivity index (χ1v) is 10.4. The van der Waals surface area contributed by atoms with Crippen LogP contribution in [0.25, 0.3) is 22.3 Å². The molecule has 1 fully saturated rings. The molecule has 1 aliphatic rings. The molecule has 4 aromatic rings. The summed E-state index contributed by atoms with van der Waals surface area (Å²) in [5.74, 6) is -2.19.